The number of hydrogen-bond donors (Lipinski definition) is 1. The van der Waals surface area contributed by atoms with Crippen molar-refractivity contribution >= 4 is 0 Å². The van der Waals surface area contributed by atoms with Gasteiger partial charge in [0.05, 0.1) is 0 Å². The highest BCUT2D eigenvalue weighted by atomic mass is 19.3. The largest absolute Gasteiger partial charge is 0.435 e. The lowest BCUT2D eigenvalue weighted by Gasteiger charge is -2.14. The van der Waals surface area contributed by atoms with Crippen molar-refractivity contribution in [3.63, 3.8) is 0 Å². The van der Waals surface area contributed by atoms with Crippen molar-refractivity contribution in [1.29, 1.82) is 0 Å². The number of rotatable bonds is 4. The third kappa shape index (κ3) is 2.09. The minimum Gasteiger partial charge on any atom is -0.435 e. The molecule has 2 rings (SSSR count). The summed E-state index contributed by atoms with van der Waals surface area (Å²) in [4.78, 5) is 0. The Labute approximate surface area is 87.2 Å². The first-order chi connectivity index (χ1) is 7.16. The van der Waals surface area contributed by atoms with Crippen LogP contribution in [0.15, 0.2) is 24.3 Å². The molecule has 1 saturated carbocycles. The smallest absolute Gasteiger partial charge is 0.387 e. The average molecular weight is 213 g/mol. The van der Waals surface area contributed by atoms with Gasteiger partial charge in [-0.1, -0.05) is 12.1 Å². The molecular weight excluding hydrogens is 200 g/mol. The Balaban J connectivity index is 2.10. The van der Waals surface area contributed by atoms with E-state index in [1.165, 1.54) is 0 Å². The summed E-state index contributed by atoms with van der Waals surface area (Å²) in [6.07, 6.45) is 2.19. The molecule has 0 spiro atoms. The molecule has 4 heteroatoms. The summed E-state index contributed by atoms with van der Waals surface area (Å²) in [6.45, 7) is -2.75. The molecule has 1 N–H and O–H groups in total. The zero-order valence-corrected chi connectivity index (χ0v) is 8.47. The number of ether oxygens (including phenoxy) is 1. The molecule has 0 aliphatic heterocycles. The first-order valence-corrected chi connectivity index (χ1v) is 4.90. The van der Waals surface area contributed by atoms with Crippen LogP contribution >= 0.6 is 0 Å². The topological polar surface area (TPSA) is 21.3 Å². The van der Waals surface area contributed by atoms with E-state index in [0.29, 0.717) is 0 Å². The number of hydrogen-bond acceptors (Lipinski definition) is 2. The van der Waals surface area contributed by atoms with Crippen molar-refractivity contribution in [3.05, 3.63) is 29.8 Å². The van der Waals surface area contributed by atoms with E-state index in [2.05, 4.69) is 10.1 Å². The van der Waals surface area contributed by atoms with Gasteiger partial charge in [-0.25, -0.2) is 0 Å². The highest BCUT2D eigenvalue weighted by Gasteiger charge is 2.42. The van der Waals surface area contributed by atoms with Crippen LogP contribution in [0.1, 0.15) is 18.4 Å². The normalized spacial score (nSPS) is 17.9. The molecule has 0 unspecified atom stereocenters. The fraction of sp³-hybridized carbons (Fsp3) is 0.455. The first kappa shape index (κ1) is 10.4. The maximum atomic E-state index is 11.9. The van der Waals surface area contributed by atoms with Crippen LogP contribution in [-0.2, 0) is 5.54 Å². The van der Waals surface area contributed by atoms with Crippen LogP contribution < -0.4 is 10.1 Å². The van der Waals surface area contributed by atoms with Gasteiger partial charge in [0.2, 0.25) is 0 Å². The Hall–Kier alpha value is -1.16. The molecule has 1 aliphatic carbocycles. The average Bonchev–Trinajstić information content (AvgIpc) is 2.99. The van der Waals surface area contributed by atoms with Gasteiger partial charge in [-0.15, -0.1) is 0 Å². The summed E-state index contributed by atoms with van der Waals surface area (Å²) < 4.78 is 28.1. The predicted molar refractivity (Wildman–Crippen MR) is 53.0 cm³/mol. The second-order valence-corrected chi connectivity index (χ2v) is 3.73. The Kier molecular flexibility index (Phi) is 2.61. The molecule has 82 valence electrons. The van der Waals surface area contributed by atoms with E-state index in [0.717, 1.165) is 18.4 Å². The van der Waals surface area contributed by atoms with Crippen molar-refractivity contribution in [2.45, 2.75) is 25.0 Å². The lowest BCUT2D eigenvalue weighted by molar-refractivity contribution is -0.0498. The summed E-state index contributed by atoms with van der Waals surface area (Å²) in [7, 11) is 1.91. The number of nitrogens with one attached hydrogen (secondary N) is 1. The van der Waals surface area contributed by atoms with Crippen LogP contribution in [0, 0.1) is 0 Å². The zero-order chi connectivity index (χ0) is 10.9. The van der Waals surface area contributed by atoms with Crippen molar-refractivity contribution in [1.82, 2.24) is 5.32 Å². The van der Waals surface area contributed by atoms with Crippen LogP contribution in [0.3, 0.4) is 0 Å². The van der Waals surface area contributed by atoms with Crippen LogP contribution in [0.2, 0.25) is 0 Å². The molecule has 1 fully saturated rings. The molecule has 15 heavy (non-hydrogen) atoms. The van der Waals surface area contributed by atoms with Crippen LogP contribution in [0.5, 0.6) is 5.75 Å². The van der Waals surface area contributed by atoms with E-state index in [9.17, 15) is 8.78 Å². The lowest BCUT2D eigenvalue weighted by Crippen LogP contribution is -2.24. The minimum atomic E-state index is -2.75. The SMILES string of the molecule is CNC1(c2ccc(OC(F)F)cc2)CC1. The van der Waals surface area contributed by atoms with Crippen molar-refractivity contribution in [2.24, 2.45) is 0 Å². The quantitative estimate of drug-likeness (QED) is 0.829. The van der Waals surface area contributed by atoms with E-state index in [1.54, 1.807) is 12.1 Å². The van der Waals surface area contributed by atoms with Crippen LogP contribution in [-0.4, -0.2) is 13.7 Å². The molecule has 1 aromatic rings. The maximum absolute atomic E-state index is 11.9. The van der Waals surface area contributed by atoms with Crippen molar-refractivity contribution < 1.29 is 13.5 Å². The molecule has 0 aromatic heterocycles. The molecule has 0 atom stereocenters. The summed E-state index contributed by atoms with van der Waals surface area (Å²) in [5.41, 5.74) is 1.20. The van der Waals surface area contributed by atoms with E-state index in [1.807, 2.05) is 19.2 Å². The van der Waals surface area contributed by atoms with Gasteiger partial charge < -0.3 is 10.1 Å². The van der Waals surface area contributed by atoms with E-state index in [4.69, 9.17) is 0 Å². The van der Waals surface area contributed by atoms with Gasteiger partial charge in [0.25, 0.3) is 0 Å². The Bertz CT molecular complexity index is 333. The summed E-state index contributed by atoms with van der Waals surface area (Å²) in [5, 5.41) is 3.24. The Morgan fingerprint density at radius 2 is 1.87 bits per heavy atom. The van der Waals surface area contributed by atoms with E-state index < -0.39 is 6.61 Å². The zero-order valence-electron chi connectivity index (χ0n) is 8.47. The van der Waals surface area contributed by atoms with Crippen LogP contribution in [0.4, 0.5) is 8.78 Å². The maximum Gasteiger partial charge on any atom is 0.387 e. The molecule has 2 nitrogen and oxygen atoms in total. The van der Waals surface area contributed by atoms with Gasteiger partial charge in [0.1, 0.15) is 5.75 Å². The fourth-order valence-corrected chi connectivity index (χ4v) is 1.76. The molecule has 0 saturated heterocycles. The summed E-state index contributed by atoms with van der Waals surface area (Å²) in [6, 6.07) is 6.83. The van der Waals surface area contributed by atoms with Gasteiger partial charge in [-0.3, -0.25) is 0 Å². The monoisotopic (exact) mass is 213 g/mol. The van der Waals surface area contributed by atoms with E-state index in [-0.39, 0.29) is 11.3 Å². The predicted octanol–water partition coefficient (Wildman–Crippen LogP) is 2.50. The second-order valence-electron chi connectivity index (χ2n) is 3.73. The Morgan fingerprint density at radius 1 is 1.27 bits per heavy atom. The van der Waals surface area contributed by atoms with E-state index >= 15 is 0 Å². The molecule has 1 aromatic carbocycles. The highest BCUT2D eigenvalue weighted by molar-refractivity contribution is 5.35. The van der Waals surface area contributed by atoms with Gasteiger partial charge >= 0.3 is 6.61 Å². The molecular formula is C11H13F2NO. The minimum absolute atomic E-state index is 0.0728. The van der Waals surface area contributed by atoms with Gasteiger partial charge in [-0.2, -0.15) is 8.78 Å². The van der Waals surface area contributed by atoms with Gasteiger partial charge in [0.15, 0.2) is 0 Å². The molecule has 0 bridgehead atoms. The second kappa shape index (κ2) is 3.77. The van der Waals surface area contributed by atoms with Crippen molar-refractivity contribution in [2.75, 3.05) is 7.05 Å². The molecule has 0 radical (unpaired) electrons. The highest BCUT2D eigenvalue weighted by Crippen LogP contribution is 2.45. The summed E-state index contributed by atoms with van der Waals surface area (Å²) in [5.74, 6) is 0.209. The first-order valence-electron chi connectivity index (χ1n) is 4.90. The Morgan fingerprint density at radius 3 is 2.27 bits per heavy atom. The standard InChI is InChI=1S/C11H13F2NO/c1-14-11(6-7-11)8-2-4-9(5-3-8)15-10(12)13/h2-5,10,14H,6-7H2,1H3. The van der Waals surface area contributed by atoms with Gasteiger partial charge in [-0.05, 0) is 37.6 Å². The lowest BCUT2D eigenvalue weighted by atomic mass is 10.1. The van der Waals surface area contributed by atoms with Gasteiger partial charge in [0, 0.05) is 5.54 Å². The molecule has 0 heterocycles. The number of alkyl halides is 2. The fourth-order valence-electron chi connectivity index (χ4n) is 1.76. The van der Waals surface area contributed by atoms with Crippen LogP contribution in [0.25, 0.3) is 0 Å². The molecule has 1 aliphatic rings. The third-order valence-corrected chi connectivity index (χ3v) is 2.86. The van der Waals surface area contributed by atoms with Crippen molar-refractivity contribution in [3.8, 4) is 5.75 Å². The number of benzene rings is 1. The molecule has 0 amide bonds. The number of halogens is 2. The summed E-state index contributed by atoms with van der Waals surface area (Å²) >= 11 is 0. The third-order valence-electron chi connectivity index (χ3n) is 2.86.